The minimum Gasteiger partial charge on any atom is -0.493 e. The number of alkyl halides is 3. The molecule has 0 saturated heterocycles. The Morgan fingerprint density at radius 3 is 2.37 bits per heavy atom. The van der Waals surface area contributed by atoms with Crippen molar-refractivity contribution >= 4 is 22.2 Å². The Kier molecular flexibility index (Phi) is 4.84. The molecule has 0 atom stereocenters. The first kappa shape index (κ1) is 19.7. The maximum atomic E-state index is 13.0. The molecule has 2 aromatic heterocycles. The van der Waals surface area contributed by atoms with Crippen molar-refractivity contribution in [2.24, 2.45) is 0 Å². The number of aromatic nitrogens is 4. The molecular formula is C20H18F3N5O2. The van der Waals surface area contributed by atoms with E-state index in [1.165, 1.54) is 20.3 Å². The smallest absolute Gasteiger partial charge is 0.416 e. The largest absolute Gasteiger partial charge is 0.493 e. The quantitative estimate of drug-likeness (QED) is 0.524. The van der Waals surface area contributed by atoms with Gasteiger partial charge in [0.1, 0.15) is 0 Å². The summed E-state index contributed by atoms with van der Waals surface area (Å²) in [5, 5.41) is 17.3. The molecule has 2 heterocycles. The summed E-state index contributed by atoms with van der Waals surface area (Å²) in [4.78, 5) is 0. The summed E-state index contributed by atoms with van der Waals surface area (Å²) in [5.74, 6) is 2.04. The summed E-state index contributed by atoms with van der Waals surface area (Å²) in [7, 11) is 3.05. The summed E-state index contributed by atoms with van der Waals surface area (Å²) in [6.45, 7) is 1.91. The summed E-state index contributed by atoms with van der Waals surface area (Å²) in [6.07, 6.45) is -4.40. The van der Waals surface area contributed by atoms with Crippen LogP contribution in [0.4, 0.5) is 19.0 Å². The second-order valence-electron chi connectivity index (χ2n) is 6.64. The Bertz CT molecular complexity index is 1240. The van der Waals surface area contributed by atoms with Gasteiger partial charge in [-0.15, -0.1) is 15.3 Å². The fourth-order valence-corrected chi connectivity index (χ4v) is 3.23. The van der Waals surface area contributed by atoms with Crippen molar-refractivity contribution in [3.05, 3.63) is 53.3 Å². The predicted molar refractivity (Wildman–Crippen MR) is 105 cm³/mol. The lowest BCUT2D eigenvalue weighted by Crippen LogP contribution is -2.09. The molecule has 1 N–H and O–H groups in total. The highest BCUT2D eigenvalue weighted by Gasteiger charge is 2.30. The lowest BCUT2D eigenvalue weighted by Gasteiger charge is -2.14. The fourth-order valence-electron chi connectivity index (χ4n) is 3.23. The number of benzene rings is 2. The van der Waals surface area contributed by atoms with Crippen molar-refractivity contribution in [2.75, 3.05) is 19.5 Å². The van der Waals surface area contributed by atoms with E-state index < -0.39 is 11.7 Å². The summed E-state index contributed by atoms with van der Waals surface area (Å²) in [5.41, 5.74) is 0.310. The molecule has 0 radical (unpaired) electrons. The first-order valence-electron chi connectivity index (χ1n) is 8.99. The molecule has 7 nitrogen and oxygen atoms in total. The van der Waals surface area contributed by atoms with Crippen LogP contribution in [-0.2, 0) is 12.7 Å². The number of ether oxygens (including phenoxy) is 2. The number of halogens is 3. The van der Waals surface area contributed by atoms with E-state index >= 15 is 0 Å². The van der Waals surface area contributed by atoms with Crippen LogP contribution in [-0.4, -0.2) is 34.0 Å². The molecule has 10 heteroatoms. The molecule has 0 aliphatic rings. The lowest BCUT2D eigenvalue weighted by atomic mass is 10.1. The molecule has 0 aliphatic carbocycles. The molecular weight excluding hydrogens is 399 g/mol. The second-order valence-corrected chi connectivity index (χ2v) is 6.64. The standard InChI is InChI=1S/C20H18F3N5O2/c1-11-25-26-19-15-9-17(30-3)16(29-2)8-14(15)18(27-28(11)19)24-10-12-5-4-6-13(7-12)20(21,22)23/h4-9H,10H2,1-3H3,(H,24,27). The molecule has 4 rings (SSSR count). The van der Waals surface area contributed by atoms with Gasteiger partial charge >= 0.3 is 6.18 Å². The Morgan fingerprint density at radius 1 is 1.00 bits per heavy atom. The molecule has 0 aliphatic heterocycles. The Hall–Kier alpha value is -3.56. The van der Waals surface area contributed by atoms with Gasteiger partial charge in [-0.25, -0.2) is 0 Å². The van der Waals surface area contributed by atoms with E-state index in [1.54, 1.807) is 29.6 Å². The van der Waals surface area contributed by atoms with E-state index in [4.69, 9.17) is 9.47 Å². The highest BCUT2D eigenvalue weighted by atomic mass is 19.4. The number of methoxy groups -OCH3 is 2. The summed E-state index contributed by atoms with van der Waals surface area (Å²) < 4.78 is 51.3. The van der Waals surface area contributed by atoms with Gasteiger partial charge in [-0.05, 0) is 36.8 Å². The monoisotopic (exact) mass is 417 g/mol. The van der Waals surface area contributed by atoms with Gasteiger partial charge in [0.05, 0.1) is 19.8 Å². The maximum Gasteiger partial charge on any atom is 0.416 e. The van der Waals surface area contributed by atoms with Crippen LogP contribution in [0.5, 0.6) is 11.5 Å². The molecule has 2 aromatic carbocycles. The number of anilines is 1. The van der Waals surface area contributed by atoms with Gasteiger partial charge in [-0.2, -0.15) is 17.7 Å². The van der Waals surface area contributed by atoms with E-state index in [0.717, 1.165) is 17.5 Å². The molecule has 0 fully saturated rings. The molecule has 0 bridgehead atoms. The molecule has 4 aromatic rings. The third-order valence-electron chi connectivity index (χ3n) is 4.73. The Balaban J connectivity index is 1.80. The van der Waals surface area contributed by atoms with E-state index in [0.29, 0.717) is 39.7 Å². The zero-order valence-electron chi connectivity index (χ0n) is 16.4. The summed E-state index contributed by atoms with van der Waals surface area (Å²) in [6, 6.07) is 8.68. The minimum atomic E-state index is -4.40. The van der Waals surface area contributed by atoms with E-state index in [2.05, 4.69) is 20.6 Å². The van der Waals surface area contributed by atoms with Crippen LogP contribution in [0.15, 0.2) is 36.4 Å². The summed E-state index contributed by atoms with van der Waals surface area (Å²) >= 11 is 0. The molecule has 0 amide bonds. The Labute approximate surface area is 169 Å². The highest BCUT2D eigenvalue weighted by molar-refractivity contribution is 6.01. The Morgan fingerprint density at radius 2 is 1.70 bits per heavy atom. The SMILES string of the molecule is COc1cc2c(NCc3cccc(C(F)(F)F)c3)nn3c(C)nnc3c2cc1OC. The number of fused-ring (bicyclic) bond motifs is 3. The second kappa shape index (κ2) is 7.36. The number of aryl methyl sites for hydroxylation is 1. The van der Waals surface area contributed by atoms with Crippen molar-refractivity contribution < 1.29 is 22.6 Å². The number of hydrogen-bond donors (Lipinski definition) is 1. The molecule has 0 saturated carbocycles. The topological polar surface area (TPSA) is 73.6 Å². The lowest BCUT2D eigenvalue weighted by molar-refractivity contribution is -0.137. The maximum absolute atomic E-state index is 13.0. The number of hydrogen-bond acceptors (Lipinski definition) is 6. The van der Waals surface area contributed by atoms with Crippen molar-refractivity contribution in [3.8, 4) is 11.5 Å². The van der Waals surface area contributed by atoms with Crippen LogP contribution in [0, 0.1) is 6.92 Å². The highest BCUT2D eigenvalue weighted by Crippen LogP contribution is 2.36. The minimum absolute atomic E-state index is 0.146. The van der Waals surface area contributed by atoms with Crippen molar-refractivity contribution in [2.45, 2.75) is 19.6 Å². The zero-order chi connectivity index (χ0) is 21.5. The van der Waals surface area contributed by atoms with Gasteiger partial charge in [-0.1, -0.05) is 12.1 Å². The fraction of sp³-hybridized carbons (Fsp3) is 0.250. The van der Waals surface area contributed by atoms with Gasteiger partial charge in [0.15, 0.2) is 28.8 Å². The van der Waals surface area contributed by atoms with Crippen LogP contribution >= 0.6 is 0 Å². The van der Waals surface area contributed by atoms with Crippen LogP contribution < -0.4 is 14.8 Å². The molecule has 0 unspecified atom stereocenters. The molecule has 0 spiro atoms. The van der Waals surface area contributed by atoms with Crippen molar-refractivity contribution in [3.63, 3.8) is 0 Å². The van der Waals surface area contributed by atoms with Crippen molar-refractivity contribution in [1.29, 1.82) is 0 Å². The van der Waals surface area contributed by atoms with Crippen molar-refractivity contribution in [1.82, 2.24) is 19.8 Å². The first-order chi connectivity index (χ1) is 14.3. The normalized spacial score (nSPS) is 11.8. The number of rotatable bonds is 5. The first-order valence-corrected chi connectivity index (χ1v) is 8.99. The number of nitrogens with zero attached hydrogens (tertiary/aromatic N) is 4. The van der Waals surface area contributed by atoms with Gasteiger partial charge in [-0.3, -0.25) is 0 Å². The van der Waals surface area contributed by atoms with E-state index in [-0.39, 0.29) is 6.54 Å². The van der Waals surface area contributed by atoms with Gasteiger partial charge < -0.3 is 14.8 Å². The third-order valence-corrected chi connectivity index (χ3v) is 4.73. The third kappa shape index (κ3) is 3.44. The van der Waals surface area contributed by atoms with Crippen LogP contribution in [0.1, 0.15) is 17.0 Å². The average Bonchev–Trinajstić information content (AvgIpc) is 3.11. The van der Waals surface area contributed by atoms with Crippen LogP contribution in [0.3, 0.4) is 0 Å². The van der Waals surface area contributed by atoms with E-state index in [1.807, 2.05) is 0 Å². The molecule has 30 heavy (non-hydrogen) atoms. The van der Waals surface area contributed by atoms with E-state index in [9.17, 15) is 13.2 Å². The molecule has 156 valence electrons. The van der Waals surface area contributed by atoms with Gasteiger partial charge in [0.25, 0.3) is 0 Å². The predicted octanol–water partition coefficient (Wildman–Crippen LogP) is 4.23. The number of nitrogens with one attached hydrogen (secondary N) is 1. The van der Waals surface area contributed by atoms with Gasteiger partial charge in [0, 0.05) is 17.3 Å². The zero-order valence-corrected chi connectivity index (χ0v) is 16.4. The van der Waals surface area contributed by atoms with Crippen LogP contribution in [0.2, 0.25) is 0 Å². The van der Waals surface area contributed by atoms with Gasteiger partial charge in [0.2, 0.25) is 0 Å². The van der Waals surface area contributed by atoms with Crippen LogP contribution in [0.25, 0.3) is 16.4 Å². The average molecular weight is 417 g/mol.